The highest BCUT2D eigenvalue weighted by Crippen LogP contribution is 2.47. The fraction of sp³-hybridized carbons (Fsp3) is 0.182. The van der Waals surface area contributed by atoms with Crippen LogP contribution in [0.1, 0.15) is 0 Å². The summed E-state index contributed by atoms with van der Waals surface area (Å²) < 4.78 is 1.69. The van der Waals surface area contributed by atoms with Crippen molar-refractivity contribution in [2.24, 2.45) is 5.10 Å². The Bertz CT molecular complexity index is 661. The Hall–Kier alpha value is -0.230. The smallest absolute Gasteiger partial charge is 0.234 e. The predicted octanol–water partition coefficient (Wildman–Crippen LogP) is 5.10. The van der Waals surface area contributed by atoms with Crippen molar-refractivity contribution in [1.29, 1.82) is 0 Å². The van der Waals surface area contributed by atoms with Gasteiger partial charge in [0.15, 0.2) is 11.5 Å². The van der Waals surface area contributed by atoms with E-state index in [1.54, 1.807) is 18.2 Å². The average Bonchev–Trinajstić information content (AvgIpc) is 3.14. The molecule has 0 saturated heterocycles. The maximum Gasteiger partial charge on any atom is 0.234 e. The molecule has 0 radical (unpaired) electrons. The summed E-state index contributed by atoms with van der Waals surface area (Å²) in [6, 6.07) is 5.30. The van der Waals surface area contributed by atoms with Crippen LogP contribution in [0.5, 0.6) is 11.5 Å². The van der Waals surface area contributed by atoms with E-state index < -0.39 is 7.59 Å². The lowest BCUT2D eigenvalue weighted by Gasteiger charge is -2.31. The number of hydrogen-bond acceptors (Lipinski definition) is 4. The number of benzene rings is 1. The fourth-order valence-corrected chi connectivity index (χ4v) is 2.20. The van der Waals surface area contributed by atoms with Gasteiger partial charge in [-0.1, -0.05) is 69.6 Å². The molecule has 3 rings (SSSR count). The summed E-state index contributed by atoms with van der Waals surface area (Å²) in [7, 11) is 0. The molecule has 2 heterocycles. The molecule has 0 fully saturated rings. The largest absolute Gasteiger partial charge is 0.449 e. The second-order valence-corrected chi connectivity index (χ2v) is 8.76. The first-order valence-corrected chi connectivity index (χ1v) is 7.75. The molecule has 0 spiro atoms. The Labute approximate surface area is 150 Å². The molecular formula is C11H5Cl6N3O. The van der Waals surface area contributed by atoms with Crippen molar-refractivity contribution in [2.75, 3.05) is 5.12 Å². The van der Waals surface area contributed by atoms with Crippen LogP contribution in [0.3, 0.4) is 0 Å². The van der Waals surface area contributed by atoms with Crippen molar-refractivity contribution in [3.63, 3.8) is 0 Å². The summed E-state index contributed by atoms with van der Waals surface area (Å²) in [5.41, 5.74) is 3.79. The van der Waals surface area contributed by atoms with E-state index in [4.69, 9.17) is 74.3 Å². The molecular weight excluding hydrogens is 403 g/mol. The van der Waals surface area contributed by atoms with Crippen LogP contribution in [-0.2, 0) is 0 Å². The van der Waals surface area contributed by atoms with Gasteiger partial charge in [0.1, 0.15) is 5.71 Å². The number of hydrogen-bond donors (Lipinski definition) is 1. The minimum absolute atomic E-state index is 0.110. The van der Waals surface area contributed by atoms with Gasteiger partial charge in [-0.15, -0.1) is 0 Å². The molecule has 2 aliphatic rings. The van der Waals surface area contributed by atoms with E-state index in [0.29, 0.717) is 5.69 Å². The molecule has 1 aromatic carbocycles. The number of hydrazone groups is 1. The van der Waals surface area contributed by atoms with E-state index >= 15 is 0 Å². The quantitative estimate of drug-likeness (QED) is 0.528. The van der Waals surface area contributed by atoms with Crippen LogP contribution in [0.4, 0.5) is 5.69 Å². The highest BCUT2D eigenvalue weighted by atomic mass is 35.6. The van der Waals surface area contributed by atoms with E-state index in [-0.39, 0.29) is 11.4 Å². The lowest BCUT2D eigenvalue weighted by atomic mass is 10.3. The number of anilines is 1. The Morgan fingerprint density at radius 2 is 1.71 bits per heavy atom. The molecule has 0 bridgehead atoms. The molecule has 0 saturated carbocycles. The second-order valence-electron chi connectivity index (χ2n) is 4.20. The predicted molar refractivity (Wildman–Crippen MR) is 88.2 cm³/mol. The maximum atomic E-state index is 5.89. The number of allylic oxidation sites excluding steroid dienone is 2. The van der Waals surface area contributed by atoms with E-state index in [2.05, 4.69) is 10.5 Å². The van der Waals surface area contributed by atoms with Crippen molar-refractivity contribution in [2.45, 2.75) is 7.59 Å². The van der Waals surface area contributed by atoms with Crippen LogP contribution in [0, 0.1) is 0 Å². The summed E-state index contributed by atoms with van der Waals surface area (Å²) >= 11 is 35.3. The molecule has 0 amide bonds. The topological polar surface area (TPSA) is 40.2 Å². The van der Waals surface area contributed by atoms with Gasteiger partial charge in [-0.25, -0.2) is 0 Å². The van der Waals surface area contributed by atoms with Crippen LogP contribution in [0.2, 0.25) is 0 Å². The molecule has 1 N–H and O–H groups in total. The Morgan fingerprint density at radius 1 is 1.00 bits per heavy atom. The third-order valence-corrected chi connectivity index (χ3v) is 3.85. The van der Waals surface area contributed by atoms with Gasteiger partial charge in [-0.3, -0.25) is 5.43 Å². The van der Waals surface area contributed by atoms with Gasteiger partial charge in [-0.2, -0.15) is 10.2 Å². The van der Waals surface area contributed by atoms with E-state index in [0.717, 1.165) is 11.5 Å². The van der Waals surface area contributed by atoms with Gasteiger partial charge in [0, 0.05) is 6.07 Å². The van der Waals surface area contributed by atoms with E-state index in [1.807, 2.05) is 0 Å². The standard InChI is InChI=1S/C11H5Cl6N3O/c12-10(13,14)8-4-9(11(15,16)17)19-20(18-8)5-1-2-6-7(3-5)21-6/h1-4,18H. The molecule has 10 heteroatoms. The average molecular weight is 408 g/mol. The number of hydrazine groups is 1. The van der Waals surface area contributed by atoms with E-state index in [1.165, 1.54) is 11.2 Å². The molecule has 2 aliphatic heterocycles. The maximum absolute atomic E-state index is 5.89. The number of alkyl halides is 6. The monoisotopic (exact) mass is 405 g/mol. The molecule has 1 aromatic rings. The first kappa shape index (κ1) is 15.7. The molecule has 0 unspecified atom stereocenters. The van der Waals surface area contributed by atoms with Gasteiger partial charge in [0.25, 0.3) is 0 Å². The highest BCUT2D eigenvalue weighted by Gasteiger charge is 2.36. The van der Waals surface area contributed by atoms with Gasteiger partial charge in [0.05, 0.1) is 11.4 Å². The molecule has 0 aliphatic carbocycles. The normalized spacial score (nSPS) is 17.3. The number of halogens is 6. The first-order chi connectivity index (χ1) is 9.64. The summed E-state index contributed by atoms with van der Waals surface area (Å²) in [5.74, 6) is 1.54. The van der Waals surface area contributed by atoms with Crippen LogP contribution in [0.15, 0.2) is 35.1 Å². The van der Waals surface area contributed by atoms with Crippen LogP contribution < -0.4 is 15.3 Å². The lowest BCUT2D eigenvalue weighted by molar-refractivity contribution is 0.649. The van der Waals surface area contributed by atoms with Crippen LogP contribution in [-0.4, -0.2) is 13.3 Å². The second kappa shape index (κ2) is 5.15. The number of rotatable bonds is 1. The zero-order valence-corrected chi connectivity index (χ0v) is 14.4. The van der Waals surface area contributed by atoms with Gasteiger partial charge in [-0.05, 0) is 18.2 Å². The third-order valence-electron chi connectivity index (χ3n) is 2.66. The van der Waals surface area contributed by atoms with Crippen LogP contribution in [0.25, 0.3) is 0 Å². The van der Waals surface area contributed by atoms with Gasteiger partial charge >= 0.3 is 0 Å². The summed E-state index contributed by atoms with van der Waals surface area (Å²) in [4.78, 5) is 0. The highest BCUT2D eigenvalue weighted by molar-refractivity contribution is 6.78. The number of nitrogens with one attached hydrogen (secondary N) is 1. The molecule has 0 aromatic heterocycles. The van der Waals surface area contributed by atoms with Crippen molar-refractivity contribution in [3.8, 4) is 11.5 Å². The molecule has 21 heavy (non-hydrogen) atoms. The molecule has 112 valence electrons. The summed E-state index contributed by atoms with van der Waals surface area (Å²) in [6.07, 6.45) is 1.38. The number of nitrogens with zero attached hydrogens (tertiary/aromatic N) is 2. The van der Waals surface area contributed by atoms with E-state index in [9.17, 15) is 0 Å². The van der Waals surface area contributed by atoms with Crippen LogP contribution >= 0.6 is 69.6 Å². The zero-order chi connectivity index (χ0) is 15.4. The SMILES string of the molecule is ClC(Cl)(Cl)C1=CC(C(Cl)(Cl)Cl)=NN(c2ccc3c(c2)O3)N1. The van der Waals surface area contributed by atoms with Gasteiger partial charge in [0.2, 0.25) is 7.59 Å². The molecule has 0 atom stereocenters. The summed E-state index contributed by atoms with van der Waals surface area (Å²) in [6.45, 7) is 0. The number of fused-ring (bicyclic) bond motifs is 1. The third kappa shape index (κ3) is 3.41. The Balaban J connectivity index is 1.99. The lowest BCUT2D eigenvalue weighted by Crippen LogP contribution is -2.43. The van der Waals surface area contributed by atoms with Gasteiger partial charge < -0.3 is 4.74 Å². The van der Waals surface area contributed by atoms with Crippen molar-refractivity contribution < 1.29 is 4.74 Å². The van der Waals surface area contributed by atoms with Crippen molar-refractivity contribution in [3.05, 3.63) is 30.0 Å². The fourth-order valence-electron chi connectivity index (χ4n) is 1.64. The van der Waals surface area contributed by atoms with Crippen molar-refractivity contribution >= 4 is 81.0 Å². The number of ether oxygens (including phenoxy) is 1. The minimum Gasteiger partial charge on any atom is -0.449 e. The molecule has 4 nitrogen and oxygen atoms in total. The Morgan fingerprint density at radius 3 is 2.29 bits per heavy atom. The first-order valence-electron chi connectivity index (χ1n) is 5.48. The summed E-state index contributed by atoms with van der Waals surface area (Å²) in [5, 5.41) is 5.53. The Kier molecular flexibility index (Phi) is 3.84. The zero-order valence-electron chi connectivity index (χ0n) is 9.88. The van der Waals surface area contributed by atoms with Crippen molar-refractivity contribution in [1.82, 2.24) is 5.43 Å². The minimum atomic E-state index is -1.76.